The van der Waals surface area contributed by atoms with Gasteiger partial charge in [-0.15, -0.1) is 0 Å². The highest BCUT2D eigenvalue weighted by atomic mass is 16.4. The van der Waals surface area contributed by atoms with Crippen LogP contribution in [0.5, 0.6) is 0 Å². The lowest BCUT2D eigenvalue weighted by atomic mass is 9.88. The van der Waals surface area contributed by atoms with Crippen LogP contribution in [-0.2, 0) is 0 Å². The molecule has 0 spiro atoms. The minimum Gasteiger partial charge on any atom is -0.409 e. The third-order valence-corrected chi connectivity index (χ3v) is 2.15. The molecule has 0 aromatic carbocycles. The highest BCUT2D eigenvalue weighted by Gasteiger charge is 2.22. The first-order chi connectivity index (χ1) is 6.04. The number of hydrogen-bond acceptors (Lipinski definition) is 3. The summed E-state index contributed by atoms with van der Waals surface area (Å²) >= 11 is 0. The summed E-state index contributed by atoms with van der Waals surface area (Å²) in [6.07, 6.45) is 2.01. The maximum absolute atomic E-state index is 8.52. The van der Waals surface area contributed by atoms with Crippen LogP contribution in [0.15, 0.2) is 5.16 Å². The molecule has 0 unspecified atom stereocenters. The van der Waals surface area contributed by atoms with Crippen molar-refractivity contribution >= 4 is 5.84 Å². The summed E-state index contributed by atoms with van der Waals surface area (Å²) in [7, 11) is 0. The first kappa shape index (κ1) is 12.2. The third-order valence-electron chi connectivity index (χ3n) is 2.15. The molecule has 0 radical (unpaired) electrons. The van der Waals surface area contributed by atoms with Crippen molar-refractivity contribution in [2.45, 2.75) is 33.6 Å². The molecule has 4 nitrogen and oxygen atoms in total. The quantitative estimate of drug-likeness (QED) is 0.192. The molecule has 0 bridgehead atoms. The molecule has 0 aromatic heterocycles. The number of nitrogens with two attached hydrogens (primary N) is 1. The second-order valence-corrected chi connectivity index (χ2v) is 3.87. The van der Waals surface area contributed by atoms with Gasteiger partial charge in [-0.05, 0) is 25.9 Å². The molecule has 0 aliphatic carbocycles. The van der Waals surface area contributed by atoms with Gasteiger partial charge in [-0.3, -0.25) is 0 Å². The van der Waals surface area contributed by atoms with Crippen molar-refractivity contribution in [1.29, 1.82) is 0 Å². The average Bonchev–Trinajstić information content (AvgIpc) is 2.11. The van der Waals surface area contributed by atoms with Gasteiger partial charge < -0.3 is 16.3 Å². The first-order valence-corrected chi connectivity index (χ1v) is 4.73. The standard InChI is InChI=1S/C9H21N3O/c1-4-6-11-7-5-9(2,3)8(10)12-13/h11,13H,4-7H2,1-3H3,(H2,10,12). The van der Waals surface area contributed by atoms with E-state index in [0.717, 1.165) is 25.9 Å². The van der Waals surface area contributed by atoms with Crippen molar-refractivity contribution in [2.75, 3.05) is 13.1 Å². The molecule has 4 N–H and O–H groups in total. The summed E-state index contributed by atoms with van der Waals surface area (Å²) < 4.78 is 0. The van der Waals surface area contributed by atoms with Gasteiger partial charge in [0.2, 0.25) is 0 Å². The summed E-state index contributed by atoms with van der Waals surface area (Å²) in [5.74, 6) is 0.297. The van der Waals surface area contributed by atoms with E-state index in [2.05, 4.69) is 17.4 Å². The second-order valence-electron chi connectivity index (χ2n) is 3.87. The highest BCUT2D eigenvalue weighted by molar-refractivity contribution is 5.85. The molecule has 0 aromatic rings. The van der Waals surface area contributed by atoms with E-state index in [1.807, 2.05) is 13.8 Å². The van der Waals surface area contributed by atoms with Crippen molar-refractivity contribution in [1.82, 2.24) is 5.32 Å². The van der Waals surface area contributed by atoms with Gasteiger partial charge in [-0.1, -0.05) is 25.9 Å². The molecule has 78 valence electrons. The summed E-state index contributed by atoms with van der Waals surface area (Å²) in [5, 5.41) is 14.8. The molecule has 0 saturated heterocycles. The monoisotopic (exact) mass is 187 g/mol. The molecule has 0 amide bonds. The smallest absolute Gasteiger partial charge is 0.144 e. The van der Waals surface area contributed by atoms with Gasteiger partial charge in [0.05, 0.1) is 0 Å². The lowest BCUT2D eigenvalue weighted by molar-refractivity contribution is 0.305. The van der Waals surface area contributed by atoms with E-state index in [9.17, 15) is 0 Å². The minimum atomic E-state index is -0.227. The number of nitrogens with one attached hydrogen (secondary N) is 1. The van der Waals surface area contributed by atoms with E-state index >= 15 is 0 Å². The molecule has 0 aliphatic rings. The normalized spacial score (nSPS) is 13.3. The van der Waals surface area contributed by atoms with E-state index in [1.165, 1.54) is 0 Å². The zero-order valence-electron chi connectivity index (χ0n) is 8.80. The van der Waals surface area contributed by atoms with Crippen molar-refractivity contribution in [3.63, 3.8) is 0 Å². The van der Waals surface area contributed by atoms with Crippen molar-refractivity contribution in [2.24, 2.45) is 16.3 Å². The van der Waals surface area contributed by atoms with Crippen LogP contribution in [0.1, 0.15) is 33.6 Å². The van der Waals surface area contributed by atoms with Crippen LogP contribution in [0.4, 0.5) is 0 Å². The molecule has 13 heavy (non-hydrogen) atoms. The molecular formula is C9H21N3O. The van der Waals surface area contributed by atoms with Gasteiger partial charge in [-0.25, -0.2) is 0 Å². The molecule has 0 aliphatic heterocycles. The topological polar surface area (TPSA) is 70.6 Å². The van der Waals surface area contributed by atoms with Crippen LogP contribution in [-0.4, -0.2) is 24.1 Å². The van der Waals surface area contributed by atoms with Crippen molar-refractivity contribution < 1.29 is 5.21 Å². The predicted molar refractivity (Wildman–Crippen MR) is 55.0 cm³/mol. The van der Waals surface area contributed by atoms with Gasteiger partial charge in [0, 0.05) is 5.41 Å². The summed E-state index contributed by atoms with van der Waals surface area (Å²) in [6, 6.07) is 0. The van der Waals surface area contributed by atoms with E-state index < -0.39 is 0 Å². The maximum Gasteiger partial charge on any atom is 0.144 e. The number of oxime groups is 1. The SMILES string of the molecule is CCCNCCC(C)(C)C(N)=NO. The van der Waals surface area contributed by atoms with Gasteiger partial charge in [-0.2, -0.15) is 0 Å². The summed E-state index contributed by atoms with van der Waals surface area (Å²) in [5.41, 5.74) is 5.31. The lowest BCUT2D eigenvalue weighted by Crippen LogP contribution is -2.35. The lowest BCUT2D eigenvalue weighted by Gasteiger charge is -2.22. The third kappa shape index (κ3) is 4.72. The Morgan fingerprint density at radius 3 is 2.54 bits per heavy atom. The molecule has 0 atom stereocenters. The Hall–Kier alpha value is -0.770. The van der Waals surface area contributed by atoms with Crippen LogP contribution in [0.2, 0.25) is 0 Å². The fourth-order valence-corrected chi connectivity index (χ4v) is 0.966. The van der Waals surface area contributed by atoms with Gasteiger partial charge in [0.25, 0.3) is 0 Å². The first-order valence-electron chi connectivity index (χ1n) is 4.73. The summed E-state index contributed by atoms with van der Waals surface area (Å²) in [4.78, 5) is 0. The Balaban J connectivity index is 3.76. The maximum atomic E-state index is 8.52. The van der Waals surface area contributed by atoms with Gasteiger partial charge in [0.1, 0.15) is 5.84 Å². The van der Waals surface area contributed by atoms with Crippen LogP contribution in [0.3, 0.4) is 0 Å². The molecule has 0 heterocycles. The predicted octanol–water partition coefficient (Wildman–Crippen LogP) is 1.15. The van der Waals surface area contributed by atoms with Crippen LogP contribution >= 0.6 is 0 Å². The Labute approximate surface area is 80.2 Å². The number of rotatable bonds is 6. The van der Waals surface area contributed by atoms with Crippen molar-refractivity contribution in [3.05, 3.63) is 0 Å². The highest BCUT2D eigenvalue weighted by Crippen LogP contribution is 2.19. The van der Waals surface area contributed by atoms with E-state index in [4.69, 9.17) is 10.9 Å². The van der Waals surface area contributed by atoms with E-state index in [1.54, 1.807) is 0 Å². The van der Waals surface area contributed by atoms with Crippen LogP contribution in [0.25, 0.3) is 0 Å². The zero-order valence-corrected chi connectivity index (χ0v) is 8.80. The van der Waals surface area contributed by atoms with Gasteiger partial charge in [0.15, 0.2) is 0 Å². The van der Waals surface area contributed by atoms with Crippen LogP contribution in [0, 0.1) is 5.41 Å². The Bertz CT molecular complexity index is 166. The Morgan fingerprint density at radius 1 is 1.46 bits per heavy atom. The molecule has 0 saturated carbocycles. The minimum absolute atomic E-state index is 0.227. The average molecular weight is 187 g/mol. The molecule has 0 fully saturated rings. The van der Waals surface area contributed by atoms with E-state index in [0.29, 0.717) is 5.84 Å². The Morgan fingerprint density at radius 2 is 2.08 bits per heavy atom. The fraction of sp³-hybridized carbons (Fsp3) is 0.889. The molecule has 0 rings (SSSR count). The largest absolute Gasteiger partial charge is 0.409 e. The summed E-state index contributed by atoms with van der Waals surface area (Å²) in [6.45, 7) is 7.98. The van der Waals surface area contributed by atoms with E-state index in [-0.39, 0.29) is 5.41 Å². The Kier molecular flexibility index (Phi) is 5.46. The number of nitrogens with zero attached hydrogens (tertiary/aromatic N) is 1. The number of hydrogen-bond donors (Lipinski definition) is 3. The van der Waals surface area contributed by atoms with Gasteiger partial charge >= 0.3 is 0 Å². The van der Waals surface area contributed by atoms with Crippen LogP contribution < -0.4 is 11.1 Å². The second kappa shape index (κ2) is 5.80. The zero-order chi connectivity index (χ0) is 10.3. The molecular weight excluding hydrogens is 166 g/mol. The number of amidine groups is 1. The fourth-order valence-electron chi connectivity index (χ4n) is 0.966. The molecule has 4 heteroatoms. The van der Waals surface area contributed by atoms with Crippen molar-refractivity contribution in [3.8, 4) is 0 Å².